The van der Waals surface area contributed by atoms with Crippen LogP contribution in [-0.2, 0) is 21.2 Å². The first-order valence-corrected chi connectivity index (χ1v) is 8.44. The van der Waals surface area contributed by atoms with Crippen LogP contribution in [0.15, 0.2) is 18.3 Å². The summed E-state index contributed by atoms with van der Waals surface area (Å²) in [5, 5.41) is 8.71. The molecule has 0 spiro atoms. The van der Waals surface area contributed by atoms with E-state index >= 15 is 0 Å². The molecule has 0 fully saturated rings. The highest BCUT2D eigenvalue weighted by Crippen LogP contribution is 2.20. The summed E-state index contributed by atoms with van der Waals surface area (Å²) in [5.74, 6) is -1.63. The van der Waals surface area contributed by atoms with Crippen LogP contribution in [0.4, 0.5) is 5.82 Å². The van der Waals surface area contributed by atoms with Gasteiger partial charge in [0.1, 0.15) is 5.82 Å². The highest BCUT2D eigenvalue weighted by atomic mass is 32.2. The lowest BCUT2D eigenvalue weighted by Gasteiger charge is -2.19. The molecule has 2 unspecified atom stereocenters. The average Bonchev–Trinajstić information content (AvgIpc) is 2.44. The summed E-state index contributed by atoms with van der Waals surface area (Å²) in [6.45, 7) is 0. The van der Waals surface area contributed by atoms with Crippen molar-refractivity contribution in [2.75, 3.05) is 18.5 Å². The van der Waals surface area contributed by atoms with E-state index in [4.69, 9.17) is 5.73 Å². The van der Waals surface area contributed by atoms with Crippen molar-refractivity contribution in [3.05, 3.63) is 23.9 Å². The van der Waals surface area contributed by atoms with Crippen LogP contribution in [0, 0.1) is 5.92 Å². The molecule has 118 valence electrons. The molecule has 1 aromatic heterocycles. The van der Waals surface area contributed by atoms with Crippen LogP contribution >= 0.6 is 12.6 Å². The maximum absolute atomic E-state index is 11.4. The van der Waals surface area contributed by atoms with E-state index in [0.717, 1.165) is 0 Å². The minimum atomic E-state index is -3.37. The van der Waals surface area contributed by atoms with Gasteiger partial charge < -0.3 is 10.8 Å². The van der Waals surface area contributed by atoms with Crippen molar-refractivity contribution in [2.45, 2.75) is 18.1 Å². The van der Waals surface area contributed by atoms with Gasteiger partial charge in [-0.05, 0) is 31.5 Å². The van der Waals surface area contributed by atoms with E-state index in [1.165, 1.54) is 13.2 Å². The number of nitrogens with one attached hydrogen (secondary N) is 1. The van der Waals surface area contributed by atoms with E-state index in [1.54, 1.807) is 12.1 Å². The maximum Gasteiger partial charge on any atom is 0.307 e. The normalized spacial score (nSPS) is 14.6. The molecule has 0 aliphatic heterocycles. The topological polar surface area (TPSA) is 122 Å². The summed E-state index contributed by atoms with van der Waals surface area (Å²) in [4.78, 5) is 15.3. The molecule has 0 saturated heterocycles. The van der Waals surface area contributed by atoms with Gasteiger partial charge in [0.15, 0.2) is 0 Å². The number of sulfonamides is 1. The van der Waals surface area contributed by atoms with Gasteiger partial charge in [0, 0.05) is 11.4 Å². The van der Waals surface area contributed by atoms with Crippen molar-refractivity contribution in [3.63, 3.8) is 0 Å². The number of hydrogen-bond donors (Lipinski definition) is 4. The van der Waals surface area contributed by atoms with E-state index in [1.807, 2.05) is 0 Å². The molecule has 1 aromatic rings. The number of nitrogen functional groups attached to an aromatic ring is 1. The number of carboxylic acids is 1. The zero-order valence-electron chi connectivity index (χ0n) is 11.6. The summed E-state index contributed by atoms with van der Waals surface area (Å²) in [6, 6.07) is 3.29. The van der Waals surface area contributed by atoms with Crippen molar-refractivity contribution < 1.29 is 18.3 Å². The van der Waals surface area contributed by atoms with Gasteiger partial charge >= 0.3 is 5.97 Å². The van der Waals surface area contributed by atoms with Crippen molar-refractivity contribution >= 4 is 34.4 Å². The molecule has 0 amide bonds. The minimum Gasteiger partial charge on any atom is -0.481 e. The largest absolute Gasteiger partial charge is 0.481 e. The molecule has 0 aliphatic carbocycles. The molecule has 2 atom stereocenters. The van der Waals surface area contributed by atoms with E-state index in [-0.39, 0.29) is 18.6 Å². The summed E-state index contributed by atoms with van der Waals surface area (Å²) in [5.41, 5.74) is 6.19. The molecule has 7 nitrogen and oxygen atoms in total. The number of thiol groups is 1. The Morgan fingerprint density at radius 1 is 1.52 bits per heavy atom. The highest BCUT2D eigenvalue weighted by Gasteiger charge is 2.27. The molecule has 0 aromatic carbocycles. The van der Waals surface area contributed by atoms with Crippen molar-refractivity contribution in [3.8, 4) is 0 Å². The second-order valence-corrected chi connectivity index (χ2v) is 7.33. The molecule has 1 rings (SSSR count). The quantitative estimate of drug-likeness (QED) is 0.502. The Hall–Kier alpha value is -1.32. The maximum atomic E-state index is 11.4. The lowest BCUT2D eigenvalue weighted by Crippen LogP contribution is -2.30. The van der Waals surface area contributed by atoms with Crippen LogP contribution in [0.5, 0.6) is 0 Å². The van der Waals surface area contributed by atoms with Crippen LogP contribution in [0.1, 0.15) is 12.0 Å². The van der Waals surface area contributed by atoms with Crippen LogP contribution in [-0.4, -0.2) is 42.5 Å². The number of hydrogen-bond acceptors (Lipinski definition) is 6. The standard InChI is InChI=1S/C12H19N3O4S2/c1-14-21(18,19)5-4-10(20)9(12(16)17)6-8-2-3-11(13)15-7-8/h2-3,7,9-10,14,20H,4-6H2,1H3,(H2,13,15)(H,16,17). The Morgan fingerprint density at radius 2 is 2.19 bits per heavy atom. The number of nitrogens with zero attached hydrogens (tertiary/aromatic N) is 1. The first-order chi connectivity index (χ1) is 9.75. The predicted molar refractivity (Wildman–Crippen MR) is 83.7 cm³/mol. The summed E-state index contributed by atoms with van der Waals surface area (Å²) in [6.07, 6.45) is 1.87. The van der Waals surface area contributed by atoms with Gasteiger partial charge in [-0.2, -0.15) is 12.6 Å². The number of nitrogens with two attached hydrogens (primary N) is 1. The van der Waals surface area contributed by atoms with Gasteiger partial charge in [-0.15, -0.1) is 0 Å². The van der Waals surface area contributed by atoms with E-state index in [2.05, 4.69) is 22.3 Å². The van der Waals surface area contributed by atoms with Gasteiger partial charge in [-0.25, -0.2) is 18.1 Å². The lowest BCUT2D eigenvalue weighted by molar-refractivity contribution is -0.141. The van der Waals surface area contributed by atoms with E-state index in [0.29, 0.717) is 11.4 Å². The van der Waals surface area contributed by atoms with E-state index < -0.39 is 27.2 Å². The minimum absolute atomic E-state index is 0.144. The van der Waals surface area contributed by atoms with Gasteiger partial charge in [-0.3, -0.25) is 4.79 Å². The molecule has 0 saturated carbocycles. The summed E-state index contributed by atoms with van der Waals surface area (Å²) in [7, 11) is -2.06. The van der Waals surface area contributed by atoms with Crippen LogP contribution < -0.4 is 10.5 Å². The molecule has 0 aliphatic rings. The molecular weight excluding hydrogens is 314 g/mol. The number of pyridine rings is 1. The predicted octanol–water partition coefficient (Wildman–Crippen LogP) is 0.145. The third-order valence-electron chi connectivity index (χ3n) is 3.08. The third-order valence-corrected chi connectivity index (χ3v) is 5.09. The Kier molecular flexibility index (Phi) is 6.43. The van der Waals surface area contributed by atoms with Crippen LogP contribution in [0.3, 0.4) is 0 Å². The number of aromatic nitrogens is 1. The fourth-order valence-corrected chi connectivity index (χ4v) is 3.08. The number of carbonyl (C=O) groups is 1. The van der Waals surface area contributed by atoms with E-state index in [9.17, 15) is 18.3 Å². The van der Waals surface area contributed by atoms with Crippen molar-refractivity contribution in [2.24, 2.45) is 5.92 Å². The molecule has 1 heterocycles. The Morgan fingerprint density at radius 3 is 2.67 bits per heavy atom. The molecule has 0 radical (unpaired) electrons. The Balaban J connectivity index is 2.72. The second kappa shape index (κ2) is 7.62. The summed E-state index contributed by atoms with van der Waals surface area (Å²) < 4.78 is 24.9. The fourth-order valence-electron chi connectivity index (χ4n) is 1.78. The SMILES string of the molecule is CNS(=O)(=O)CCC(S)C(Cc1ccc(N)nc1)C(=O)O. The van der Waals surface area contributed by atoms with Gasteiger partial charge in [0.25, 0.3) is 0 Å². The van der Waals surface area contributed by atoms with Crippen molar-refractivity contribution in [1.29, 1.82) is 0 Å². The van der Waals surface area contributed by atoms with Crippen LogP contribution in [0.25, 0.3) is 0 Å². The first-order valence-electron chi connectivity index (χ1n) is 6.27. The van der Waals surface area contributed by atoms with Gasteiger partial charge in [-0.1, -0.05) is 6.07 Å². The third kappa shape index (κ3) is 5.90. The summed E-state index contributed by atoms with van der Waals surface area (Å²) >= 11 is 4.25. The van der Waals surface area contributed by atoms with Gasteiger partial charge in [0.05, 0.1) is 11.7 Å². The lowest BCUT2D eigenvalue weighted by atomic mass is 9.95. The Labute approximate surface area is 129 Å². The van der Waals surface area contributed by atoms with Crippen molar-refractivity contribution in [1.82, 2.24) is 9.71 Å². The molecule has 9 heteroatoms. The van der Waals surface area contributed by atoms with Gasteiger partial charge in [0.2, 0.25) is 10.0 Å². The van der Waals surface area contributed by atoms with Crippen LogP contribution in [0.2, 0.25) is 0 Å². The zero-order valence-corrected chi connectivity index (χ0v) is 13.3. The number of aliphatic carboxylic acids is 1. The second-order valence-electron chi connectivity index (χ2n) is 4.62. The highest BCUT2D eigenvalue weighted by molar-refractivity contribution is 7.89. The Bertz CT molecular complexity index is 575. The number of carboxylic acid groups (broad SMARTS) is 1. The molecule has 4 N–H and O–H groups in total. The monoisotopic (exact) mass is 333 g/mol. The fraction of sp³-hybridized carbons (Fsp3) is 0.500. The number of rotatable bonds is 8. The molecular formula is C12H19N3O4S2. The average molecular weight is 333 g/mol. The molecule has 0 bridgehead atoms. The number of anilines is 1. The smallest absolute Gasteiger partial charge is 0.307 e. The first kappa shape index (κ1) is 17.7. The zero-order chi connectivity index (χ0) is 16.0. The molecule has 21 heavy (non-hydrogen) atoms.